The fraction of sp³-hybridized carbons (Fsp3) is 0. The molecule has 0 bridgehead atoms. The van der Waals surface area contributed by atoms with E-state index >= 15 is 0 Å². The second-order valence-electron chi connectivity index (χ2n) is 5.30. The molecule has 0 saturated heterocycles. The minimum atomic E-state index is -0.265. The number of fused-ring (bicyclic) bond motifs is 1. The lowest BCUT2D eigenvalue weighted by Crippen LogP contribution is -1.91. The highest BCUT2D eigenvalue weighted by Gasteiger charge is 2.05. The van der Waals surface area contributed by atoms with Gasteiger partial charge in [-0.15, -0.1) is 0 Å². The van der Waals surface area contributed by atoms with Gasteiger partial charge in [-0.05, 0) is 36.4 Å². The van der Waals surface area contributed by atoms with Gasteiger partial charge in [-0.2, -0.15) is 5.10 Å². The molecule has 0 saturated carbocycles. The number of rotatable bonds is 1. The Bertz CT molecular complexity index is 1050. The molecule has 0 unspecified atom stereocenters. The van der Waals surface area contributed by atoms with Crippen molar-refractivity contribution < 1.29 is 4.39 Å². The molecule has 0 spiro atoms. The van der Waals surface area contributed by atoms with Gasteiger partial charge in [0, 0.05) is 29.6 Å². The van der Waals surface area contributed by atoms with Crippen LogP contribution >= 0.6 is 0 Å². The molecular formula is C20H12FN3. The Labute approximate surface area is 138 Å². The normalized spacial score (nSPS) is 10.4. The summed E-state index contributed by atoms with van der Waals surface area (Å²) < 4.78 is 14.7. The molecule has 3 nitrogen and oxygen atoms in total. The average molecular weight is 313 g/mol. The first-order valence-electron chi connectivity index (χ1n) is 7.46. The smallest absolute Gasteiger partial charge is 0.155 e. The largest absolute Gasteiger partial charge is 0.236 e. The summed E-state index contributed by atoms with van der Waals surface area (Å²) in [6.07, 6.45) is 3.56. The van der Waals surface area contributed by atoms with Crippen LogP contribution in [0.25, 0.3) is 16.9 Å². The van der Waals surface area contributed by atoms with Crippen LogP contribution in [0, 0.1) is 17.7 Å². The van der Waals surface area contributed by atoms with Gasteiger partial charge in [0.05, 0.1) is 11.3 Å². The standard InChI is InChI=1S/C20H12FN3/c21-18-10-8-17(9-11-18)19-12-20-22-13-16(14-24(20)23-19)7-6-15-4-2-1-3-5-15/h1-5,8-14H. The molecule has 4 heteroatoms. The van der Waals surface area contributed by atoms with Gasteiger partial charge >= 0.3 is 0 Å². The highest BCUT2D eigenvalue weighted by molar-refractivity contribution is 5.64. The van der Waals surface area contributed by atoms with Crippen molar-refractivity contribution in [1.82, 2.24) is 14.6 Å². The molecule has 4 rings (SSSR count). The van der Waals surface area contributed by atoms with E-state index < -0.39 is 0 Å². The lowest BCUT2D eigenvalue weighted by molar-refractivity contribution is 0.628. The SMILES string of the molecule is Fc1ccc(-c2cc3ncc(C#Cc4ccccc4)cn3n2)cc1. The molecule has 0 aliphatic rings. The van der Waals surface area contributed by atoms with Gasteiger partial charge in [-0.25, -0.2) is 13.9 Å². The summed E-state index contributed by atoms with van der Waals surface area (Å²) in [5.41, 5.74) is 4.04. The molecule has 24 heavy (non-hydrogen) atoms. The van der Waals surface area contributed by atoms with E-state index in [2.05, 4.69) is 21.9 Å². The van der Waals surface area contributed by atoms with Crippen molar-refractivity contribution in [2.45, 2.75) is 0 Å². The van der Waals surface area contributed by atoms with E-state index in [4.69, 9.17) is 0 Å². The maximum absolute atomic E-state index is 13.0. The van der Waals surface area contributed by atoms with Crippen LogP contribution in [0.4, 0.5) is 4.39 Å². The molecule has 0 aliphatic carbocycles. The summed E-state index contributed by atoms with van der Waals surface area (Å²) in [6.45, 7) is 0. The van der Waals surface area contributed by atoms with Crippen LogP contribution < -0.4 is 0 Å². The van der Waals surface area contributed by atoms with Gasteiger partial charge in [0.1, 0.15) is 5.82 Å². The third-order valence-corrected chi connectivity index (χ3v) is 3.58. The molecular weight excluding hydrogens is 301 g/mol. The maximum atomic E-state index is 13.0. The summed E-state index contributed by atoms with van der Waals surface area (Å²) in [6, 6.07) is 17.9. The van der Waals surface area contributed by atoms with Crippen LogP contribution in [0.5, 0.6) is 0 Å². The zero-order valence-corrected chi connectivity index (χ0v) is 12.6. The van der Waals surface area contributed by atoms with Crippen LogP contribution in [-0.2, 0) is 0 Å². The van der Waals surface area contributed by atoms with Gasteiger partial charge in [0.2, 0.25) is 0 Å². The first-order valence-corrected chi connectivity index (χ1v) is 7.46. The topological polar surface area (TPSA) is 30.2 Å². The molecule has 0 fully saturated rings. The van der Waals surface area contributed by atoms with Crippen LogP contribution in [-0.4, -0.2) is 14.6 Å². The van der Waals surface area contributed by atoms with Gasteiger partial charge < -0.3 is 0 Å². The van der Waals surface area contributed by atoms with Crippen molar-refractivity contribution in [3.63, 3.8) is 0 Å². The fourth-order valence-electron chi connectivity index (χ4n) is 2.37. The highest BCUT2D eigenvalue weighted by Crippen LogP contribution is 2.19. The zero-order chi connectivity index (χ0) is 16.4. The maximum Gasteiger partial charge on any atom is 0.155 e. The van der Waals surface area contributed by atoms with E-state index in [-0.39, 0.29) is 5.82 Å². The van der Waals surface area contributed by atoms with Crippen LogP contribution in [0.15, 0.2) is 73.1 Å². The third kappa shape index (κ3) is 2.88. The third-order valence-electron chi connectivity index (χ3n) is 3.58. The van der Waals surface area contributed by atoms with Gasteiger partial charge in [-0.1, -0.05) is 30.0 Å². The monoisotopic (exact) mass is 313 g/mol. The van der Waals surface area contributed by atoms with Crippen molar-refractivity contribution in [1.29, 1.82) is 0 Å². The second-order valence-corrected chi connectivity index (χ2v) is 5.30. The Morgan fingerprint density at radius 3 is 2.42 bits per heavy atom. The van der Waals surface area contributed by atoms with Crippen molar-refractivity contribution in [2.75, 3.05) is 0 Å². The van der Waals surface area contributed by atoms with Crippen molar-refractivity contribution >= 4 is 5.65 Å². The lowest BCUT2D eigenvalue weighted by Gasteiger charge is -1.95. The molecule has 0 N–H and O–H groups in total. The number of aromatic nitrogens is 3. The van der Waals surface area contributed by atoms with Crippen LogP contribution in [0.3, 0.4) is 0 Å². The van der Waals surface area contributed by atoms with Crippen LogP contribution in [0.1, 0.15) is 11.1 Å². The van der Waals surface area contributed by atoms with E-state index in [9.17, 15) is 4.39 Å². The summed E-state index contributed by atoms with van der Waals surface area (Å²) in [7, 11) is 0. The molecule has 2 heterocycles. The number of nitrogens with zero attached hydrogens (tertiary/aromatic N) is 3. The first kappa shape index (κ1) is 14.2. The Balaban J connectivity index is 1.69. The van der Waals surface area contributed by atoms with Gasteiger partial charge in [-0.3, -0.25) is 0 Å². The van der Waals surface area contributed by atoms with E-state index in [0.29, 0.717) is 0 Å². The molecule has 0 amide bonds. The quantitative estimate of drug-likeness (QED) is 0.498. The fourth-order valence-corrected chi connectivity index (χ4v) is 2.37. The number of hydrogen-bond acceptors (Lipinski definition) is 2. The number of benzene rings is 2. The van der Waals surface area contributed by atoms with Crippen molar-refractivity contribution in [3.05, 3.63) is 90.0 Å². The van der Waals surface area contributed by atoms with E-state index in [0.717, 1.165) is 28.0 Å². The van der Waals surface area contributed by atoms with Crippen molar-refractivity contribution in [3.8, 4) is 23.1 Å². The predicted octanol–water partition coefficient (Wildman–Crippen LogP) is 3.94. The minimum absolute atomic E-state index is 0.265. The summed E-state index contributed by atoms with van der Waals surface area (Å²) in [4.78, 5) is 4.38. The molecule has 0 aliphatic heterocycles. The van der Waals surface area contributed by atoms with E-state index in [1.807, 2.05) is 42.6 Å². The second kappa shape index (κ2) is 5.98. The number of halogens is 1. The lowest BCUT2D eigenvalue weighted by atomic mass is 10.1. The molecule has 0 atom stereocenters. The molecule has 4 aromatic rings. The van der Waals surface area contributed by atoms with Crippen LogP contribution in [0.2, 0.25) is 0 Å². The predicted molar refractivity (Wildman–Crippen MR) is 90.8 cm³/mol. The molecule has 114 valence electrons. The minimum Gasteiger partial charge on any atom is -0.236 e. The molecule has 2 aromatic heterocycles. The van der Waals surface area contributed by atoms with Gasteiger partial charge in [0.15, 0.2) is 5.65 Å². The van der Waals surface area contributed by atoms with Gasteiger partial charge in [0.25, 0.3) is 0 Å². The summed E-state index contributed by atoms with van der Waals surface area (Å²) in [5.74, 6) is 5.92. The number of hydrogen-bond donors (Lipinski definition) is 0. The highest BCUT2D eigenvalue weighted by atomic mass is 19.1. The van der Waals surface area contributed by atoms with Crippen molar-refractivity contribution in [2.24, 2.45) is 0 Å². The Morgan fingerprint density at radius 1 is 0.875 bits per heavy atom. The van der Waals surface area contributed by atoms with E-state index in [1.165, 1.54) is 12.1 Å². The molecule has 0 radical (unpaired) electrons. The summed E-state index contributed by atoms with van der Waals surface area (Å²) >= 11 is 0. The molecule has 2 aromatic carbocycles. The average Bonchev–Trinajstić information content (AvgIpc) is 3.05. The van der Waals surface area contributed by atoms with E-state index in [1.54, 1.807) is 22.8 Å². The Kier molecular flexibility index (Phi) is 3.53. The summed E-state index contributed by atoms with van der Waals surface area (Å²) in [5, 5.41) is 4.49. The Morgan fingerprint density at radius 2 is 1.62 bits per heavy atom. The first-order chi connectivity index (χ1) is 11.8. The zero-order valence-electron chi connectivity index (χ0n) is 12.6. The Hall–Kier alpha value is -3.45.